The lowest BCUT2D eigenvalue weighted by atomic mass is 10.4. The van der Waals surface area contributed by atoms with Gasteiger partial charge in [-0.2, -0.15) is 0 Å². The lowest BCUT2D eigenvalue weighted by Crippen LogP contribution is -2.37. The van der Waals surface area contributed by atoms with Crippen molar-refractivity contribution in [3.8, 4) is 10.8 Å². The van der Waals surface area contributed by atoms with E-state index in [4.69, 9.17) is 10.2 Å². The fraction of sp³-hybridized carbons (Fsp3) is 0.385. The van der Waals surface area contributed by atoms with Crippen molar-refractivity contribution < 1.29 is 4.42 Å². The lowest BCUT2D eigenvalue weighted by molar-refractivity contribution is 0.458. The molecule has 0 saturated carbocycles. The Bertz CT molecular complexity index is 534. The molecule has 0 bridgehead atoms. The normalized spacial score (nSPS) is 11.2. The Morgan fingerprint density at radius 1 is 1.45 bits per heavy atom. The van der Waals surface area contributed by atoms with Crippen molar-refractivity contribution in [1.29, 1.82) is 0 Å². The molecule has 0 spiro atoms. The molecule has 0 amide bonds. The molecular weight excluding hydrogens is 387 g/mol. The first kappa shape index (κ1) is 17.0. The Kier molecular flexibility index (Phi) is 7.00. The van der Waals surface area contributed by atoms with Gasteiger partial charge in [-0.3, -0.25) is 0 Å². The highest BCUT2D eigenvalue weighted by Crippen LogP contribution is 2.24. The van der Waals surface area contributed by atoms with Gasteiger partial charge in [0.1, 0.15) is 0 Å². The number of furan rings is 1. The molecule has 5 nitrogen and oxygen atoms in total. The summed E-state index contributed by atoms with van der Waals surface area (Å²) < 4.78 is 5.31. The van der Waals surface area contributed by atoms with Crippen LogP contribution >= 0.6 is 35.3 Å². The number of thiazole rings is 1. The molecule has 7 heteroatoms. The van der Waals surface area contributed by atoms with Crippen molar-refractivity contribution in [1.82, 2.24) is 9.88 Å². The van der Waals surface area contributed by atoms with Crippen LogP contribution in [0.3, 0.4) is 0 Å². The van der Waals surface area contributed by atoms with Crippen LogP contribution in [0, 0.1) is 0 Å². The van der Waals surface area contributed by atoms with E-state index in [2.05, 4.69) is 23.8 Å². The molecule has 0 saturated heterocycles. The van der Waals surface area contributed by atoms with Gasteiger partial charge in [-0.25, -0.2) is 9.98 Å². The van der Waals surface area contributed by atoms with Gasteiger partial charge in [0.25, 0.3) is 0 Å². The molecule has 0 atom stereocenters. The van der Waals surface area contributed by atoms with Crippen molar-refractivity contribution in [2.45, 2.75) is 20.4 Å². The van der Waals surface area contributed by atoms with Gasteiger partial charge >= 0.3 is 0 Å². The van der Waals surface area contributed by atoms with E-state index >= 15 is 0 Å². The number of hydrogen-bond donors (Lipinski definition) is 1. The first-order chi connectivity index (χ1) is 9.24. The average molecular weight is 406 g/mol. The number of hydrogen-bond acceptors (Lipinski definition) is 4. The highest BCUT2D eigenvalue weighted by atomic mass is 127. The molecule has 2 aromatic rings. The predicted octanol–water partition coefficient (Wildman–Crippen LogP) is 3.18. The first-order valence-electron chi connectivity index (χ1n) is 6.27. The third-order valence-electron chi connectivity index (χ3n) is 2.77. The molecule has 0 fully saturated rings. The number of guanidine groups is 1. The number of nitrogens with zero attached hydrogens (tertiary/aromatic N) is 3. The summed E-state index contributed by atoms with van der Waals surface area (Å²) in [6, 6.07) is 3.75. The topological polar surface area (TPSA) is 67.7 Å². The Morgan fingerprint density at radius 2 is 2.20 bits per heavy atom. The Labute approximate surface area is 139 Å². The summed E-state index contributed by atoms with van der Waals surface area (Å²) in [4.78, 5) is 10.9. The monoisotopic (exact) mass is 406 g/mol. The molecule has 0 aliphatic rings. The maximum atomic E-state index is 5.92. The van der Waals surface area contributed by atoms with E-state index in [-0.39, 0.29) is 24.0 Å². The third kappa shape index (κ3) is 4.20. The van der Waals surface area contributed by atoms with Gasteiger partial charge in [-0.05, 0) is 26.0 Å². The molecule has 0 unspecified atom stereocenters. The van der Waals surface area contributed by atoms with E-state index in [0.717, 1.165) is 29.6 Å². The van der Waals surface area contributed by atoms with Crippen molar-refractivity contribution in [3.63, 3.8) is 0 Å². The Hall–Kier alpha value is -1.09. The number of nitrogens with two attached hydrogens (primary N) is 1. The van der Waals surface area contributed by atoms with Crippen molar-refractivity contribution in [2.24, 2.45) is 10.7 Å². The molecule has 2 heterocycles. The van der Waals surface area contributed by atoms with Crippen LogP contribution in [0.4, 0.5) is 0 Å². The fourth-order valence-corrected chi connectivity index (χ4v) is 2.48. The van der Waals surface area contributed by atoms with Crippen LogP contribution in [0.2, 0.25) is 0 Å². The summed E-state index contributed by atoms with van der Waals surface area (Å²) in [5.41, 5.74) is 6.83. The summed E-state index contributed by atoms with van der Waals surface area (Å²) in [5.74, 6) is 1.36. The minimum absolute atomic E-state index is 0. The molecule has 0 aromatic carbocycles. The van der Waals surface area contributed by atoms with Gasteiger partial charge in [0.15, 0.2) is 16.7 Å². The van der Waals surface area contributed by atoms with E-state index in [1.165, 1.54) is 0 Å². The van der Waals surface area contributed by atoms with Gasteiger partial charge in [-0.1, -0.05) is 0 Å². The molecule has 20 heavy (non-hydrogen) atoms. The minimum Gasteiger partial charge on any atom is -0.462 e. The van der Waals surface area contributed by atoms with Crippen LogP contribution in [0.25, 0.3) is 10.8 Å². The zero-order valence-corrected chi connectivity index (χ0v) is 14.7. The van der Waals surface area contributed by atoms with E-state index in [1.54, 1.807) is 17.6 Å². The van der Waals surface area contributed by atoms with E-state index < -0.39 is 0 Å². The van der Waals surface area contributed by atoms with Crippen molar-refractivity contribution in [2.75, 3.05) is 13.1 Å². The highest BCUT2D eigenvalue weighted by molar-refractivity contribution is 14.0. The molecule has 2 rings (SSSR count). The van der Waals surface area contributed by atoms with Crippen LogP contribution in [0.5, 0.6) is 0 Å². The summed E-state index contributed by atoms with van der Waals surface area (Å²) in [6.07, 6.45) is 1.65. The average Bonchev–Trinajstić information content (AvgIpc) is 3.08. The SMILES string of the molecule is CCN(CC)C(N)=NCc1csc(-c2ccco2)n1.I. The first-order valence-corrected chi connectivity index (χ1v) is 7.15. The summed E-state index contributed by atoms with van der Waals surface area (Å²) in [7, 11) is 0. The predicted molar refractivity (Wildman–Crippen MR) is 93.5 cm³/mol. The second-order valence-electron chi connectivity index (χ2n) is 3.97. The molecular formula is C13H19IN4OS. The molecule has 2 N–H and O–H groups in total. The van der Waals surface area contributed by atoms with Crippen LogP contribution < -0.4 is 5.73 Å². The molecule has 0 aliphatic carbocycles. The summed E-state index contributed by atoms with van der Waals surface area (Å²) in [6.45, 7) is 6.34. The maximum Gasteiger partial charge on any atom is 0.191 e. The summed E-state index contributed by atoms with van der Waals surface area (Å²) in [5, 5.41) is 2.85. The minimum atomic E-state index is 0. The van der Waals surface area contributed by atoms with Crippen molar-refractivity contribution >= 4 is 41.3 Å². The standard InChI is InChI=1S/C13H18N4OS.HI/c1-3-17(4-2)13(14)15-8-10-9-19-12(16-10)11-6-5-7-18-11;/h5-7,9H,3-4,8H2,1-2H3,(H2,14,15);1H. The zero-order valence-electron chi connectivity index (χ0n) is 11.6. The summed E-state index contributed by atoms with van der Waals surface area (Å²) >= 11 is 1.55. The smallest absolute Gasteiger partial charge is 0.191 e. The largest absolute Gasteiger partial charge is 0.462 e. The zero-order chi connectivity index (χ0) is 13.7. The molecule has 0 aliphatic heterocycles. The molecule has 110 valence electrons. The van der Waals surface area contributed by atoms with Crippen LogP contribution in [0.15, 0.2) is 33.2 Å². The second kappa shape index (κ2) is 8.25. The lowest BCUT2D eigenvalue weighted by Gasteiger charge is -2.19. The van der Waals surface area contributed by atoms with Crippen molar-refractivity contribution in [3.05, 3.63) is 29.5 Å². The van der Waals surface area contributed by atoms with Gasteiger partial charge in [-0.15, -0.1) is 35.3 Å². The fourth-order valence-electron chi connectivity index (χ4n) is 1.70. The number of aromatic nitrogens is 1. The van der Waals surface area contributed by atoms with Crippen LogP contribution in [-0.2, 0) is 6.54 Å². The number of halogens is 1. The highest BCUT2D eigenvalue weighted by Gasteiger charge is 2.07. The van der Waals surface area contributed by atoms with Gasteiger partial charge in [0, 0.05) is 18.5 Å². The third-order valence-corrected chi connectivity index (χ3v) is 3.68. The van der Waals surface area contributed by atoms with Gasteiger partial charge in [0.2, 0.25) is 0 Å². The van der Waals surface area contributed by atoms with E-state index in [0.29, 0.717) is 12.5 Å². The molecule has 2 aromatic heterocycles. The van der Waals surface area contributed by atoms with Crippen LogP contribution in [0.1, 0.15) is 19.5 Å². The number of aliphatic imine (C=N–C) groups is 1. The molecule has 0 radical (unpaired) electrons. The van der Waals surface area contributed by atoms with Gasteiger partial charge in [0.05, 0.1) is 18.5 Å². The number of rotatable bonds is 5. The van der Waals surface area contributed by atoms with E-state index in [9.17, 15) is 0 Å². The Morgan fingerprint density at radius 3 is 2.80 bits per heavy atom. The second-order valence-corrected chi connectivity index (χ2v) is 4.83. The van der Waals surface area contributed by atoms with Crippen LogP contribution in [-0.4, -0.2) is 28.9 Å². The Balaban J connectivity index is 0.00000200. The maximum absolute atomic E-state index is 5.92. The quantitative estimate of drug-likeness (QED) is 0.471. The van der Waals surface area contributed by atoms with E-state index in [1.807, 2.05) is 22.4 Å². The van der Waals surface area contributed by atoms with Gasteiger partial charge < -0.3 is 15.1 Å².